The van der Waals surface area contributed by atoms with E-state index in [0.29, 0.717) is 32.0 Å². The van der Waals surface area contributed by atoms with Crippen LogP contribution in [0.4, 0.5) is 0 Å². The number of hydrogen-bond donors (Lipinski definition) is 1. The third kappa shape index (κ3) is 4.95. The van der Waals surface area contributed by atoms with E-state index >= 15 is 0 Å². The van der Waals surface area contributed by atoms with Gasteiger partial charge >= 0.3 is 0 Å². The van der Waals surface area contributed by atoms with Gasteiger partial charge < -0.3 is 24.1 Å². The molecule has 7 heteroatoms. The first-order valence-corrected chi connectivity index (χ1v) is 12.0. The van der Waals surface area contributed by atoms with E-state index in [9.17, 15) is 4.79 Å². The molecule has 0 bridgehead atoms. The number of para-hydroxylation sites is 2. The fourth-order valence-electron chi connectivity index (χ4n) is 3.77. The molecule has 1 aromatic heterocycles. The monoisotopic (exact) mass is 454 g/mol. The molecule has 4 rings (SSSR count). The van der Waals surface area contributed by atoms with E-state index in [0.717, 1.165) is 27.1 Å². The fourth-order valence-corrected chi connectivity index (χ4v) is 4.21. The number of ether oxygens (including phenoxy) is 3. The Hall–Kier alpha value is -2.48. The smallest absolute Gasteiger partial charge is 0.255 e. The van der Waals surface area contributed by atoms with Crippen LogP contribution in [0.2, 0.25) is 0 Å². The molecule has 2 heterocycles. The van der Waals surface area contributed by atoms with Gasteiger partial charge in [-0.15, -0.1) is 11.8 Å². The number of pyridine rings is 1. The number of methoxy groups -OCH3 is 1. The number of nitrogens with one attached hydrogen (secondary N) is 1. The summed E-state index contributed by atoms with van der Waals surface area (Å²) in [6, 6.07) is 15.9. The molecule has 3 aromatic rings. The fraction of sp³-hybridized carbons (Fsp3) is 0.400. The maximum absolute atomic E-state index is 13.5. The van der Waals surface area contributed by atoms with Crippen LogP contribution in [0.1, 0.15) is 19.4 Å². The van der Waals surface area contributed by atoms with Gasteiger partial charge in [0.05, 0.1) is 17.7 Å². The van der Waals surface area contributed by atoms with Crippen LogP contribution in [-0.4, -0.2) is 42.8 Å². The van der Waals surface area contributed by atoms with Crippen LogP contribution in [0.5, 0.6) is 11.5 Å². The molecule has 1 unspecified atom stereocenters. The van der Waals surface area contributed by atoms with E-state index in [1.54, 1.807) is 18.9 Å². The summed E-state index contributed by atoms with van der Waals surface area (Å²) in [5.41, 5.74) is 1.31. The molecule has 1 N–H and O–H groups in total. The van der Waals surface area contributed by atoms with Crippen LogP contribution in [-0.2, 0) is 17.8 Å². The maximum Gasteiger partial charge on any atom is 0.255 e. The Morgan fingerprint density at radius 1 is 1.19 bits per heavy atom. The zero-order chi connectivity index (χ0) is 22.7. The van der Waals surface area contributed by atoms with E-state index in [4.69, 9.17) is 14.2 Å². The topological polar surface area (TPSA) is 61.7 Å². The minimum Gasteiger partial charge on any atom is -0.486 e. The summed E-state index contributed by atoms with van der Waals surface area (Å²) in [4.78, 5) is 14.6. The van der Waals surface area contributed by atoms with Crippen molar-refractivity contribution >= 4 is 22.7 Å². The summed E-state index contributed by atoms with van der Waals surface area (Å²) in [5, 5.41) is 4.40. The second-order valence-electron chi connectivity index (χ2n) is 8.58. The van der Waals surface area contributed by atoms with Gasteiger partial charge in [-0.3, -0.25) is 4.79 Å². The minimum atomic E-state index is -0.302. The van der Waals surface area contributed by atoms with Gasteiger partial charge in [-0.25, -0.2) is 0 Å². The molecule has 0 saturated carbocycles. The third-order valence-corrected chi connectivity index (χ3v) is 6.48. The maximum atomic E-state index is 13.5. The highest BCUT2D eigenvalue weighted by molar-refractivity contribution is 7.98. The Bertz CT molecular complexity index is 1160. The lowest BCUT2D eigenvalue weighted by molar-refractivity contribution is 0.0230. The van der Waals surface area contributed by atoms with E-state index in [1.807, 2.05) is 55.0 Å². The van der Waals surface area contributed by atoms with Crippen LogP contribution in [0.25, 0.3) is 10.9 Å². The van der Waals surface area contributed by atoms with Gasteiger partial charge in [0.2, 0.25) is 0 Å². The number of benzene rings is 2. The van der Waals surface area contributed by atoms with Crippen molar-refractivity contribution in [3.05, 3.63) is 64.4 Å². The van der Waals surface area contributed by atoms with Crippen LogP contribution in [0, 0.1) is 0 Å². The lowest BCUT2D eigenvalue weighted by Crippen LogP contribution is -2.39. The van der Waals surface area contributed by atoms with Crippen LogP contribution in [0.15, 0.2) is 58.2 Å². The first-order chi connectivity index (χ1) is 15.4. The first-order valence-electron chi connectivity index (χ1n) is 10.7. The highest BCUT2D eigenvalue weighted by atomic mass is 32.2. The predicted octanol–water partition coefficient (Wildman–Crippen LogP) is 4.08. The van der Waals surface area contributed by atoms with Gasteiger partial charge in [-0.2, -0.15) is 0 Å². The summed E-state index contributed by atoms with van der Waals surface area (Å²) in [5.74, 6) is 1.45. The lowest BCUT2D eigenvalue weighted by Gasteiger charge is -2.27. The Balaban J connectivity index is 1.66. The van der Waals surface area contributed by atoms with Crippen molar-refractivity contribution in [3.63, 3.8) is 0 Å². The van der Waals surface area contributed by atoms with Crippen molar-refractivity contribution in [2.45, 2.75) is 43.5 Å². The van der Waals surface area contributed by atoms with Crippen molar-refractivity contribution < 1.29 is 14.2 Å². The number of hydrogen-bond acceptors (Lipinski definition) is 6. The zero-order valence-corrected chi connectivity index (χ0v) is 19.8. The van der Waals surface area contributed by atoms with E-state index in [1.165, 1.54) is 0 Å². The van der Waals surface area contributed by atoms with Crippen LogP contribution in [0.3, 0.4) is 0 Å². The molecular weight excluding hydrogens is 424 g/mol. The molecule has 0 spiro atoms. The quantitative estimate of drug-likeness (QED) is 0.518. The molecule has 1 aliphatic rings. The van der Waals surface area contributed by atoms with Crippen molar-refractivity contribution in [1.82, 2.24) is 9.88 Å². The van der Waals surface area contributed by atoms with Crippen molar-refractivity contribution in [1.29, 1.82) is 0 Å². The number of rotatable bonds is 8. The third-order valence-electron chi connectivity index (χ3n) is 5.75. The summed E-state index contributed by atoms with van der Waals surface area (Å²) in [7, 11) is 1.69. The molecule has 170 valence electrons. The van der Waals surface area contributed by atoms with Gasteiger partial charge in [0.25, 0.3) is 5.56 Å². The minimum absolute atomic E-state index is 0.0130. The van der Waals surface area contributed by atoms with Crippen molar-refractivity contribution in [2.24, 2.45) is 0 Å². The molecule has 0 fully saturated rings. The zero-order valence-electron chi connectivity index (χ0n) is 19.0. The second-order valence-corrected chi connectivity index (χ2v) is 9.45. The first kappa shape index (κ1) is 22.7. The Kier molecular flexibility index (Phi) is 6.79. The number of aromatic nitrogens is 1. The molecule has 6 nitrogen and oxygen atoms in total. The van der Waals surface area contributed by atoms with Gasteiger partial charge in [0.15, 0.2) is 17.6 Å². The van der Waals surface area contributed by atoms with Crippen molar-refractivity contribution in [2.75, 3.05) is 26.5 Å². The number of fused-ring (bicyclic) bond motifs is 2. The molecule has 1 aliphatic heterocycles. The Morgan fingerprint density at radius 3 is 2.72 bits per heavy atom. The lowest BCUT2D eigenvalue weighted by atomic mass is 10.1. The summed E-state index contributed by atoms with van der Waals surface area (Å²) in [6.07, 6.45) is 1.79. The Morgan fingerprint density at radius 2 is 1.97 bits per heavy atom. The van der Waals surface area contributed by atoms with E-state index in [-0.39, 0.29) is 17.3 Å². The summed E-state index contributed by atoms with van der Waals surface area (Å²) in [6.45, 7) is 5.96. The largest absolute Gasteiger partial charge is 0.486 e. The normalized spacial score (nSPS) is 15.8. The summed E-state index contributed by atoms with van der Waals surface area (Å²) >= 11 is 1.66. The molecule has 0 radical (unpaired) electrons. The molecule has 32 heavy (non-hydrogen) atoms. The second kappa shape index (κ2) is 9.57. The summed E-state index contributed by atoms with van der Waals surface area (Å²) < 4.78 is 19.3. The van der Waals surface area contributed by atoms with Crippen molar-refractivity contribution in [3.8, 4) is 11.5 Å². The highest BCUT2D eigenvalue weighted by Crippen LogP contribution is 2.31. The van der Waals surface area contributed by atoms with Crippen LogP contribution >= 0.6 is 11.8 Å². The molecular formula is C25H30N2O4S. The molecule has 2 aromatic carbocycles. The van der Waals surface area contributed by atoms with Gasteiger partial charge in [0, 0.05) is 30.7 Å². The molecule has 0 aliphatic carbocycles. The average Bonchev–Trinajstić information content (AvgIpc) is 2.81. The predicted molar refractivity (Wildman–Crippen MR) is 129 cm³/mol. The van der Waals surface area contributed by atoms with Crippen LogP contribution < -0.4 is 20.3 Å². The number of nitrogens with zero attached hydrogens (tertiary/aromatic N) is 1. The van der Waals surface area contributed by atoms with Gasteiger partial charge in [0.1, 0.15) is 6.61 Å². The average molecular weight is 455 g/mol. The van der Waals surface area contributed by atoms with E-state index in [2.05, 4.69) is 23.5 Å². The molecule has 1 atom stereocenters. The molecule has 0 saturated heterocycles. The Labute approximate surface area is 192 Å². The van der Waals surface area contributed by atoms with E-state index < -0.39 is 0 Å². The van der Waals surface area contributed by atoms with Gasteiger partial charge in [-0.1, -0.05) is 18.2 Å². The molecule has 0 amide bonds. The highest BCUT2D eigenvalue weighted by Gasteiger charge is 2.23. The van der Waals surface area contributed by atoms with Gasteiger partial charge in [-0.05, 0) is 55.8 Å². The number of thioether (sulfide) groups is 1. The standard InChI is InChI=1S/C25H30N2O4S/c1-25(2,29-3)16-26-13-18-11-17-9-10-20(32-4)12-21(17)27(24(18)28)14-19-15-30-22-7-5-6-8-23(22)31-19/h5-12,19,26H,13-16H2,1-4H3. The SMILES string of the molecule is COC(C)(C)CNCc1cc2ccc(SC)cc2n(CC2COc3ccccc3O2)c1=O.